The predicted molar refractivity (Wildman–Crippen MR) is 110 cm³/mol. The highest BCUT2D eigenvalue weighted by Crippen LogP contribution is 2.46. The molecule has 1 N–H and O–H groups in total. The van der Waals surface area contributed by atoms with E-state index in [1.165, 1.54) is 16.7 Å². The van der Waals surface area contributed by atoms with E-state index in [9.17, 15) is 5.11 Å². The predicted octanol–water partition coefficient (Wildman–Crippen LogP) is 5.31. The molecule has 0 radical (unpaired) electrons. The summed E-state index contributed by atoms with van der Waals surface area (Å²) in [6, 6.07) is 7.78. The molecule has 0 aliphatic carbocycles. The smallest absolute Gasteiger partial charge is 0.129 e. The highest BCUT2D eigenvalue weighted by molar-refractivity contribution is 5.57. The van der Waals surface area contributed by atoms with E-state index >= 15 is 0 Å². The van der Waals surface area contributed by atoms with Crippen molar-refractivity contribution in [3.63, 3.8) is 0 Å². The number of hydrogen-bond acceptors (Lipinski definition) is 4. The zero-order valence-corrected chi connectivity index (χ0v) is 17.3. The van der Waals surface area contributed by atoms with Crippen LogP contribution in [0.4, 0.5) is 0 Å². The molecule has 2 heterocycles. The lowest BCUT2D eigenvalue weighted by atomic mass is 9.84. The molecule has 4 heteroatoms. The van der Waals surface area contributed by atoms with E-state index in [0.717, 1.165) is 42.7 Å². The zero-order valence-electron chi connectivity index (χ0n) is 17.3. The summed E-state index contributed by atoms with van der Waals surface area (Å²) in [7, 11) is 0. The average molecular weight is 383 g/mol. The van der Waals surface area contributed by atoms with Gasteiger partial charge in [-0.3, -0.25) is 0 Å². The van der Waals surface area contributed by atoms with Crippen molar-refractivity contribution in [2.45, 2.75) is 64.9 Å². The molecule has 0 fully saturated rings. The summed E-state index contributed by atoms with van der Waals surface area (Å²) >= 11 is 0. The van der Waals surface area contributed by atoms with Gasteiger partial charge in [0.15, 0.2) is 0 Å². The Labute approximate surface area is 167 Å². The van der Waals surface area contributed by atoms with E-state index in [2.05, 4.69) is 33.8 Å². The van der Waals surface area contributed by atoms with Crippen LogP contribution in [0, 0.1) is 6.92 Å². The lowest BCUT2D eigenvalue weighted by molar-refractivity contribution is 0.0825. The Morgan fingerprint density at radius 1 is 1.21 bits per heavy atom. The molecule has 2 aromatic carbocycles. The third-order valence-electron chi connectivity index (χ3n) is 5.83. The minimum absolute atomic E-state index is 0.127. The first-order valence-corrected chi connectivity index (χ1v) is 10.3. The second kappa shape index (κ2) is 7.23. The van der Waals surface area contributed by atoms with Crippen LogP contribution >= 0.6 is 0 Å². The van der Waals surface area contributed by atoms with Gasteiger partial charge in [0.05, 0.1) is 13.2 Å². The molecule has 2 aromatic rings. The third kappa shape index (κ3) is 3.52. The Kier molecular flexibility index (Phi) is 4.90. The van der Waals surface area contributed by atoms with Crippen molar-refractivity contribution in [2.75, 3.05) is 13.2 Å². The molecular weight excluding hydrogens is 352 g/mol. The number of phenolic OH excluding ortho intramolecular Hbond substituents is 1. The Morgan fingerprint density at radius 3 is 2.79 bits per heavy atom. The molecule has 2 aliphatic heterocycles. The Hall–Kier alpha value is -2.36. The topological polar surface area (TPSA) is 47.9 Å². The molecule has 0 amide bonds. The molecule has 28 heavy (non-hydrogen) atoms. The summed E-state index contributed by atoms with van der Waals surface area (Å²) < 4.78 is 18.1. The van der Waals surface area contributed by atoms with Gasteiger partial charge >= 0.3 is 0 Å². The van der Waals surface area contributed by atoms with E-state index in [-0.39, 0.29) is 17.3 Å². The number of ether oxygens (including phenoxy) is 3. The largest absolute Gasteiger partial charge is 0.508 e. The molecule has 0 aromatic heterocycles. The molecule has 0 saturated heterocycles. The standard InChI is InChI=1S/C24H30O4/c1-5-10-26-17-6-7-18(21(25)13-17)16-12-20-15(2)11-22-19(23(20)27-14-16)8-9-24(3,4)28-22/h6-7,11,13,16,25H,5,8-10,12,14H2,1-4H3/t16-/m1/s1. The number of rotatable bonds is 4. The van der Waals surface area contributed by atoms with Crippen molar-refractivity contribution >= 4 is 0 Å². The van der Waals surface area contributed by atoms with Crippen LogP contribution in [0.2, 0.25) is 0 Å². The Balaban J connectivity index is 1.61. The minimum atomic E-state index is -0.127. The van der Waals surface area contributed by atoms with Crippen LogP contribution in [0.5, 0.6) is 23.0 Å². The van der Waals surface area contributed by atoms with Crippen molar-refractivity contribution in [3.05, 3.63) is 46.5 Å². The second-order valence-electron chi connectivity index (χ2n) is 8.62. The molecule has 0 saturated carbocycles. The Bertz CT molecular complexity index is 885. The van der Waals surface area contributed by atoms with Crippen LogP contribution in [0.1, 0.15) is 61.8 Å². The summed E-state index contributed by atoms with van der Waals surface area (Å²) in [6.45, 7) is 9.68. The lowest BCUT2D eigenvalue weighted by Gasteiger charge is -2.36. The summed E-state index contributed by atoms with van der Waals surface area (Å²) in [5.74, 6) is 3.09. The number of benzene rings is 2. The van der Waals surface area contributed by atoms with Crippen LogP contribution < -0.4 is 14.2 Å². The highest BCUT2D eigenvalue weighted by atomic mass is 16.5. The molecule has 1 atom stereocenters. The quantitative estimate of drug-likeness (QED) is 0.778. The van der Waals surface area contributed by atoms with Gasteiger partial charge in [0.2, 0.25) is 0 Å². The summed E-state index contributed by atoms with van der Waals surface area (Å²) in [5, 5.41) is 10.6. The van der Waals surface area contributed by atoms with Crippen molar-refractivity contribution in [1.82, 2.24) is 0 Å². The molecule has 2 aliphatic rings. The van der Waals surface area contributed by atoms with Crippen molar-refractivity contribution < 1.29 is 19.3 Å². The van der Waals surface area contributed by atoms with Crippen molar-refractivity contribution in [2.24, 2.45) is 0 Å². The van der Waals surface area contributed by atoms with Gasteiger partial charge in [0.25, 0.3) is 0 Å². The van der Waals surface area contributed by atoms with Gasteiger partial charge in [-0.05, 0) is 69.7 Å². The van der Waals surface area contributed by atoms with Crippen LogP contribution in [0.15, 0.2) is 24.3 Å². The van der Waals surface area contributed by atoms with Gasteiger partial charge in [-0.25, -0.2) is 0 Å². The van der Waals surface area contributed by atoms with Gasteiger partial charge in [-0.1, -0.05) is 13.0 Å². The molecule has 0 bridgehead atoms. The monoisotopic (exact) mass is 382 g/mol. The molecule has 0 unspecified atom stereocenters. The molecule has 150 valence electrons. The van der Waals surface area contributed by atoms with Crippen LogP contribution in [0.3, 0.4) is 0 Å². The van der Waals surface area contributed by atoms with Crippen molar-refractivity contribution in [1.29, 1.82) is 0 Å². The first-order chi connectivity index (χ1) is 13.4. The number of phenols is 1. The molecular formula is C24H30O4. The average Bonchev–Trinajstić information content (AvgIpc) is 2.65. The maximum absolute atomic E-state index is 10.6. The second-order valence-corrected chi connectivity index (χ2v) is 8.62. The number of aryl methyl sites for hydroxylation is 1. The fraction of sp³-hybridized carbons (Fsp3) is 0.500. The van der Waals surface area contributed by atoms with Gasteiger partial charge in [0.1, 0.15) is 28.6 Å². The number of hydrogen-bond donors (Lipinski definition) is 1. The maximum Gasteiger partial charge on any atom is 0.129 e. The van der Waals surface area contributed by atoms with E-state index in [4.69, 9.17) is 14.2 Å². The first-order valence-electron chi connectivity index (χ1n) is 10.3. The van der Waals surface area contributed by atoms with Crippen LogP contribution in [0.25, 0.3) is 0 Å². The highest BCUT2D eigenvalue weighted by Gasteiger charge is 2.33. The number of fused-ring (bicyclic) bond motifs is 3. The summed E-state index contributed by atoms with van der Waals surface area (Å²) in [4.78, 5) is 0. The summed E-state index contributed by atoms with van der Waals surface area (Å²) in [5.41, 5.74) is 4.43. The van der Waals surface area contributed by atoms with E-state index in [0.29, 0.717) is 19.0 Å². The van der Waals surface area contributed by atoms with Gasteiger partial charge in [-0.15, -0.1) is 0 Å². The maximum atomic E-state index is 10.6. The molecule has 4 nitrogen and oxygen atoms in total. The summed E-state index contributed by atoms with van der Waals surface area (Å²) in [6.07, 6.45) is 3.77. The molecule has 4 rings (SSSR count). The zero-order chi connectivity index (χ0) is 19.9. The molecule has 0 spiro atoms. The van der Waals surface area contributed by atoms with E-state index < -0.39 is 0 Å². The van der Waals surface area contributed by atoms with E-state index in [1.54, 1.807) is 6.07 Å². The van der Waals surface area contributed by atoms with Crippen LogP contribution in [-0.2, 0) is 12.8 Å². The Morgan fingerprint density at radius 2 is 2.04 bits per heavy atom. The first kappa shape index (κ1) is 19.0. The van der Waals surface area contributed by atoms with Crippen LogP contribution in [-0.4, -0.2) is 23.9 Å². The van der Waals surface area contributed by atoms with Crippen molar-refractivity contribution in [3.8, 4) is 23.0 Å². The normalized spacial score (nSPS) is 19.8. The lowest BCUT2D eigenvalue weighted by Crippen LogP contribution is -2.33. The van der Waals surface area contributed by atoms with Gasteiger partial charge in [0, 0.05) is 23.1 Å². The fourth-order valence-corrected chi connectivity index (χ4v) is 4.24. The van der Waals surface area contributed by atoms with Gasteiger partial charge in [-0.2, -0.15) is 0 Å². The number of aromatic hydroxyl groups is 1. The SMILES string of the molecule is CCCOc1ccc([C@H]2COc3c(c(C)cc4c3CCC(C)(C)O4)C2)c(O)c1. The fourth-order valence-electron chi connectivity index (χ4n) is 4.24. The third-order valence-corrected chi connectivity index (χ3v) is 5.83. The minimum Gasteiger partial charge on any atom is -0.508 e. The van der Waals surface area contributed by atoms with Gasteiger partial charge < -0.3 is 19.3 Å². The van der Waals surface area contributed by atoms with E-state index in [1.807, 2.05) is 12.1 Å².